The van der Waals surface area contributed by atoms with E-state index in [-0.39, 0.29) is 28.0 Å². The number of carbonyl (C=O) groups is 2. The van der Waals surface area contributed by atoms with E-state index in [4.69, 9.17) is 16.3 Å². The van der Waals surface area contributed by atoms with Gasteiger partial charge in [-0.2, -0.15) is 0 Å². The van der Waals surface area contributed by atoms with Gasteiger partial charge in [0.15, 0.2) is 0 Å². The molecule has 4 rings (SSSR count). The smallest absolute Gasteiger partial charge is 0.318 e. The van der Waals surface area contributed by atoms with Crippen molar-refractivity contribution in [2.75, 3.05) is 0 Å². The highest BCUT2D eigenvalue weighted by Gasteiger charge is 2.35. The Bertz CT molecular complexity index is 1460. The number of hydrogen-bond donors (Lipinski definition) is 0. The molecule has 10 nitrogen and oxygen atoms in total. The van der Waals surface area contributed by atoms with Gasteiger partial charge in [0.25, 0.3) is 16.8 Å². The maximum Gasteiger partial charge on any atom is 0.318 e. The van der Waals surface area contributed by atoms with Crippen LogP contribution in [0, 0.1) is 26.0 Å². The van der Waals surface area contributed by atoms with E-state index in [9.17, 15) is 34.2 Å². The van der Waals surface area contributed by atoms with E-state index in [0.717, 1.165) is 29.2 Å². The molecule has 0 radical (unpaired) electrons. The molecule has 3 aromatic rings. The molecule has 1 aliphatic rings. The minimum atomic E-state index is -0.809. The van der Waals surface area contributed by atoms with Crippen LogP contribution in [0.4, 0.5) is 20.6 Å². The largest absolute Gasteiger partial charge is 0.449 e. The number of amides is 2. The van der Waals surface area contributed by atoms with Gasteiger partial charge in [0.05, 0.1) is 27.4 Å². The number of halogens is 2. The molecule has 1 heterocycles. The van der Waals surface area contributed by atoms with Crippen molar-refractivity contribution in [3.05, 3.63) is 108 Å². The summed E-state index contributed by atoms with van der Waals surface area (Å²) >= 11 is 6.69. The van der Waals surface area contributed by atoms with Gasteiger partial charge in [0, 0.05) is 16.7 Å². The maximum absolute atomic E-state index is 13.3. The Hall–Kier alpha value is -4.29. The van der Waals surface area contributed by atoms with Crippen molar-refractivity contribution < 1.29 is 28.6 Å². The van der Waals surface area contributed by atoms with Crippen molar-refractivity contribution in [2.24, 2.45) is 0 Å². The zero-order valence-electron chi connectivity index (χ0n) is 17.9. The second kappa shape index (κ2) is 10.1. The molecule has 0 bridgehead atoms. The number of carbonyl (C=O) groups excluding carboxylic acids is 2. The number of hydrogen-bond acceptors (Lipinski definition) is 8. The zero-order valence-corrected chi connectivity index (χ0v) is 19.5. The van der Waals surface area contributed by atoms with Crippen molar-refractivity contribution in [1.29, 1.82) is 0 Å². The van der Waals surface area contributed by atoms with Gasteiger partial charge in [-0.3, -0.25) is 34.7 Å². The molecule has 3 aromatic carbocycles. The number of non-ortho nitro benzene ring substituents is 1. The number of rotatable bonds is 7. The summed E-state index contributed by atoms with van der Waals surface area (Å²) in [6, 6.07) is 12.9. The number of thioether (sulfide) groups is 1. The van der Waals surface area contributed by atoms with Crippen LogP contribution in [0.25, 0.3) is 6.08 Å². The monoisotopic (exact) mass is 529 g/mol. The van der Waals surface area contributed by atoms with Gasteiger partial charge >= 0.3 is 5.69 Å². The van der Waals surface area contributed by atoms with Gasteiger partial charge in [0.1, 0.15) is 11.6 Å². The maximum atomic E-state index is 13.3. The average molecular weight is 530 g/mol. The lowest BCUT2D eigenvalue weighted by Crippen LogP contribution is -2.27. The van der Waals surface area contributed by atoms with Crippen molar-refractivity contribution in [3.8, 4) is 11.5 Å². The molecule has 182 valence electrons. The van der Waals surface area contributed by atoms with E-state index in [1.807, 2.05) is 0 Å². The third kappa shape index (κ3) is 5.19. The van der Waals surface area contributed by atoms with Gasteiger partial charge in [-0.25, -0.2) is 4.39 Å². The van der Waals surface area contributed by atoms with Gasteiger partial charge in [0.2, 0.25) is 5.75 Å². The number of benzene rings is 3. The summed E-state index contributed by atoms with van der Waals surface area (Å²) in [5.74, 6) is -1.29. The lowest BCUT2D eigenvalue weighted by molar-refractivity contribution is -0.394. The van der Waals surface area contributed by atoms with Crippen LogP contribution >= 0.6 is 23.4 Å². The predicted octanol–water partition coefficient (Wildman–Crippen LogP) is 6.32. The molecule has 2 amide bonds. The van der Waals surface area contributed by atoms with Crippen LogP contribution in [0.2, 0.25) is 5.02 Å². The normalized spacial score (nSPS) is 14.4. The van der Waals surface area contributed by atoms with Crippen LogP contribution < -0.4 is 4.74 Å². The summed E-state index contributed by atoms with van der Waals surface area (Å²) < 4.78 is 19.0. The SMILES string of the molecule is O=C1S/C(=C/c2ccccc2Oc2ccc([N+](=O)[O-])cc2[N+](=O)[O-])C(=O)N1Cc1ccc(F)cc1Cl. The molecule has 0 aromatic heterocycles. The Balaban J connectivity index is 1.62. The van der Waals surface area contributed by atoms with Crippen LogP contribution in [0.15, 0.2) is 65.6 Å². The van der Waals surface area contributed by atoms with E-state index >= 15 is 0 Å². The summed E-state index contributed by atoms with van der Waals surface area (Å²) in [6.07, 6.45) is 1.39. The molecule has 0 atom stereocenters. The van der Waals surface area contributed by atoms with E-state index in [2.05, 4.69) is 0 Å². The minimum absolute atomic E-state index is 0.0625. The summed E-state index contributed by atoms with van der Waals surface area (Å²) in [6.45, 7) is -0.158. The van der Waals surface area contributed by atoms with Crippen LogP contribution in [-0.4, -0.2) is 25.9 Å². The third-order valence-corrected chi connectivity index (χ3v) is 6.25. The summed E-state index contributed by atoms with van der Waals surface area (Å²) in [5.41, 5.74) is -0.376. The van der Waals surface area contributed by atoms with E-state index in [1.165, 1.54) is 24.3 Å². The molecule has 1 fully saturated rings. The first-order valence-electron chi connectivity index (χ1n) is 10.0. The number of nitrogens with zero attached hydrogens (tertiary/aromatic N) is 3. The molecule has 0 N–H and O–H groups in total. The molecule has 0 unspecified atom stereocenters. The molecule has 36 heavy (non-hydrogen) atoms. The highest BCUT2D eigenvalue weighted by molar-refractivity contribution is 8.18. The number of nitro groups is 2. The van der Waals surface area contributed by atoms with Crippen molar-refractivity contribution in [2.45, 2.75) is 6.54 Å². The number of para-hydroxylation sites is 1. The molecular formula is C23H13ClFN3O7S. The first-order chi connectivity index (χ1) is 17.1. The fraction of sp³-hybridized carbons (Fsp3) is 0.0435. The second-order valence-electron chi connectivity index (χ2n) is 7.31. The highest BCUT2D eigenvalue weighted by Crippen LogP contribution is 2.39. The van der Waals surface area contributed by atoms with Crippen LogP contribution in [0.3, 0.4) is 0 Å². The molecule has 1 aliphatic heterocycles. The first kappa shape index (κ1) is 24.8. The molecule has 0 aliphatic carbocycles. The molecule has 1 saturated heterocycles. The fourth-order valence-electron chi connectivity index (χ4n) is 3.26. The predicted molar refractivity (Wildman–Crippen MR) is 129 cm³/mol. The quantitative estimate of drug-likeness (QED) is 0.197. The fourth-order valence-corrected chi connectivity index (χ4v) is 4.31. The Morgan fingerprint density at radius 2 is 1.75 bits per heavy atom. The van der Waals surface area contributed by atoms with E-state index < -0.39 is 38.2 Å². The molecule has 0 spiro atoms. The number of ether oxygens (including phenoxy) is 1. The Morgan fingerprint density at radius 3 is 2.44 bits per heavy atom. The van der Waals surface area contributed by atoms with Crippen LogP contribution in [0.1, 0.15) is 11.1 Å². The summed E-state index contributed by atoms with van der Waals surface area (Å²) in [4.78, 5) is 47.3. The topological polar surface area (TPSA) is 133 Å². The van der Waals surface area contributed by atoms with Crippen LogP contribution in [-0.2, 0) is 11.3 Å². The van der Waals surface area contributed by atoms with E-state index in [0.29, 0.717) is 22.9 Å². The summed E-state index contributed by atoms with van der Waals surface area (Å²) in [5, 5.41) is 21.9. The van der Waals surface area contributed by atoms with Crippen molar-refractivity contribution in [1.82, 2.24) is 4.90 Å². The number of imide groups is 1. The lowest BCUT2D eigenvalue weighted by Gasteiger charge is -2.13. The van der Waals surface area contributed by atoms with Gasteiger partial charge < -0.3 is 4.74 Å². The van der Waals surface area contributed by atoms with Crippen molar-refractivity contribution >= 4 is 52.0 Å². The molecular weight excluding hydrogens is 517 g/mol. The lowest BCUT2D eigenvalue weighted by atomic mass is 10.1. The van der Waals surface area contributed by atoms with Crippen molar-refractivity contribution in [3.63, 3.8) is 0 Å². The van der Waals surface area contributed by atoms with Gasteiger partial charge in [-0.1, -0.05) is 35.9 Å². The van der Waals surface area contributed by atoms with Gasteiger partial charge in [-0.05, 0) is 47.7 Å². The third-order valence-electron chi connectivity index (χ3n) is 4.99. The minimum Gasteiger partial charge on any atom is -0.449 e. The second-order valence-corrected chi connectivity index (χ2v) is 8.71. The Morgan fingerprint density at radius 1 is 1.00 bits per heavy atom. The number of nitro benzene ring substituents is 2. The standard InChI is InChI=1S/C23H13ClFN3O7S/c24-17-10-15(25)6-5-14(17)12-26-22(29)21(36-23(26)30)9-13-3-1-2-4-19(13)35-20-8-7-16(27(31)32)11-18(20)28(33)34/h1-11H,12H2/b21-9+. The van der Waals surface area contributed by atoms with Crippen LogP contribution in [0.5, 0.6) is 11.5 Å². The average Bonchev–Trinajstić information content (AvgIpc) is 3.09. The molecule has 0 saturated carbocycles. The summed E-state index contributed by atoms with van der Waals surface area (Å²) in [7, 11) is 0. The zero-order chi connectivity index (χ0) is 26.0. The van der Waals surface area contributed by atoms with Gasteiger partial charge in [-0.15, -0.1) is 0 Å². The Kier molecular flexibility index (Phi) is 6.99. The molecule has 13 heteroatoms. The highest BCUT2D eigenvalue weighted by atomic mass is 35.5. The Labute approximate surface area is 211 Å². The van der Waals surface area contributed by atoms with E-state index in [1.54, 1.807) is 18.2 Å². The first-order valence-corrected chi connectivity index (χ1v) is 11.2.